The molecule has 0 fully saturated rings. The normalized spacial score (nSPS) is 15.2. The Kier molecular flexibility index (Phi) is 2.75. The first-order chi connectivity index (χ1) is 9.38. The molecule has 2 aromatic rings. The van der Waals surface area contributed by atoms with Crippen LogP contribution < -0.4 is 10.5 Å². The molecule has 0 spiro atoms. The SMILES string of the molecule is CC(N)c1ncn2c1COc1cc(C(F)(F)F)ccc1-2. The lowest BCUT2D eigenvalue weighted by Crippen LogP contribution is -2.17. The quantitative estimate of drug-likeness (QED) is 0.875. The Labute approximate surface area is 113 Å². The van der Waals surface area contributed by atoms with Crippen molar-refractivity contribution in [1.29, 1.82) is 0 Å². The number of nitrogens with zero attached hydrogens (tertiary/aromatic N) is 2. The number of aromatic nitrogens is 2. The van der Waals surface area contributed by atoms with Crippen molar-refractivity contribution >= 4 is 0 Å². The van der Waals surface area contributed by atoms with Crippen LogP contribution in [0.2, 0.25) is 0 Å². The number of nitrogens with two attached hydrogens (primary N) is 1. The number of alkyl halides is 3. The highest BCUT2D eigenvalue weighted by Crippen LogP contribution is 2.37. The summed E-state index contributed by atoms with van der Waals surface area (Å²) < 4.78 is 45.2. The summed E-state index contributed by atoms with van der Waals surface area (Å²) in [6, 6.07) is 3.16. The van der Waals surface area contributed by atoms with Crippen molar-refractivity contribution in [1.82, 2.24) is 9.55 Å². The third-order valence-corrected chi connectivity index (χ3v) is 3.24. The van der Waals surface area contributed by atoms with E-state index < -0.39 is 11.7 Å². The fourth-order valence-electron chi connectivity index (χ4n) is 2.27. The van der Waals surface area contributed by atoms with Crippen molar-refractivity contribution in [2.24, 2.45) is 5.73 Å². The van der Waals surface area contributed by atoms with Gasteiger partial charge in [0.1, 0.15) is 18.7 Å². The molecular weight excluding hydrogens is 271 g/mol. The van der Waals surface area contributed by atoms with Crippen LogP contribution in [0.1, 0.15) is 29.9 Å². The van der Waals surface area contributed by atoms with Gasteiger partial charge in [0.2, 0.25) is 0 Å². The molecular formula is C13H12F3N3O. The summed E-state index contributed by atoms with van der Waals surface area (Å²) in [6.45, 7) is 1.95. The topological polar surface area (TPSA) is 53.1 Å². The van der Waals surface area contributed by atoms with Gasteiger partial charge in [-0.3, -0.25) is 4.57 Å². The van der Waals surface area contributed by atoms with Crippen LogP contribution in [0.3, 0.4) is 0 Å². The average Bonchev–Trinajstić information content (AvgIpc) is 2.81. The lowest BCUT2D eigenvalue weighted by atomic mass is 10.1. The highest BCUT2D eigenvalue weighted by Gasteiger charge is 2.32. The standard InChI is InChI=1S/C13H12F3N3O/c1-7(17)12-10-5-20-11-4-8(13(14,15)16)2-3-9(11)19(10)6-18-12/h2-4,6-7H,5,17H2,1H3. The molecule has 20 heavy (non-hydrogen) atoms. The third kappa shape index (κ3) is 1.94. The van der Waals surface area contributed by atoms with E-state index in [-0.39, 0.29) is 18.4 Å². The fraction of sp³-hybridized carbons (Fsp3) is 0.308. The van der Waals surface area contributed by atoms with Crippen molar-refractivity contribution in [2.75, 3.05) is 0 Å². The molecule has 1 aromatic heterocycles. The molecule has 1 atom stereocenters. The van der Waals surface area contributed by atoms with Crippen LogP contribution in [0.15, 0.2) is 24.5 Å². The van der Waals surface area contributed by atoms with Crippen molar-refractivity contribution in [3.05, 3.63) is 41.5 Å². The molecule has 0 saturated carbocycles. The van der Waals surface area contributed by atoms with Crippen LogP contribution in [0.25, 0.3) is 5.69 Å². The molecule has 0 aliphatic carbocycles. The Hall–Kier alpha value is -2.02. The van der Waals surface area contributed by atoms with Gasteiger partial charge in [-0.15, -0.1) is 0 Å². The Balaban J connectivity index is 2.10. The second-order valence-electron chi connectivity index (χ2n) is 4.70. The zero-order valence-electron chi connectivity index (χ0n) is 10.6. The number of rotatable bonds is 1. The van der Waals surface area contributed by atoms with E-state index in [4.69, 9.17) is 10.5 Å². The Morgan fingerprint density at radius 1 is 1.40 bits per heavy atom. The maximum Gasteiger partial charge on any atom is 0.416 e. The molecule has 106 valence electrons. The third-order valence-electron chi connectivity index (χ3n) is 3.24. The summed E-state index contributed by atoms with van der Waals surface area (Å²) in [5.41, 5.74) is 7.08. The molecule has 3 rings (SSSR count). The van der Waals surface area contributed by atoms with Gasteiger partial charge in [0, 0.05) is 6.04 Å². The Morgan fingerprint density at radius 3 is 2.80 bits per heavy atom. The fourth-order valence-corrected chi connectivity index (χ4v) is 2.27. The van der Waals surface area contributed by atoms with E-state index in [9.17, 15) is 13.2 Å². The van der Waals surface area contributed by atoms with Gasteiger partial charge in [-0.1, -0.05) is 0 Å². The number of imidazole rings is 1. The number of halogens is 3. The van der Waals surface area contributed by atoms with Gasteiger partial charge in [-0.2, -0.15) is 13.2 Å². The summed E-state index contributed by atoms with van der Waals surface area (Å²) in [5.74, 6) is 0.195. The van der Waals surface area contributed by atoms with E-state index in [2.05, 4.69) is 4.98 Å². The van der Waals surface area contributed by atoms with Gasteiger partial charge in [-0.25, -0.2) is 4.98 Å². The molecule has 1 aliphatic heterocycles. The molecule has 0 saturated heterocycles. The highest BCUT2D eigenvalue weighted by atomic mass is 19.4. The van der Waals surface area contributed by atoms with Crippen LogP contribution >= 0.6 is 0 Å². The van der Waals surface area contributed by atoms with Gasteiger partial charge < -0.3 is 10.5 Å². The molecule has 7 heteroatoms. The van der Waals surface area contributed by atoms with Gasteiger partial charge in [0.05, 0.1) is 22.6 Å². The maximum atomic E-state index is 12.7. The van der Waals surface area contributed by atoms with Crippen LogP contribution in [0.4, 0.5) is 13.2 Å². The van der Waals surface area contributed by atoms with E-state index in [1.807, 2.05) is 0 Å². The molecule has 1 aliphatic rings. The zero-order valence-corrected chi connectivity index (χ0v) is 10.6. The van der Waals surface area contributed by atoms with E-state index in [0.717, 1.165) is 17.8 Å². The number of hydrogen-bond donors (Lipinski definition) is 1. The average molecular weight is 283 g/mol. The predicted molar refractivity (Wildman–Crippen MR) is 65.5 cm³/mol. The minimum absolute atomic E-state index is 0.158. The predicted octanol–water partition coefficient (Wildman–Crippen LogP) is 2.80. The molecule has 0 bridgehead atoms. The summed E-state index contributed by atoms with van der Waals surface area (Å²) in [5, 5.41) is 0. The first-order valence-electron chi connectivity index (χ1n) is 6.04. The van der Waals surface area contributed by atoms with Crippen LogP contribution in [0, 0.1) is 0 Å². The second-order valence-corrected chi connectivity index (χ2v) is 4.70. The summed E-state index contributed by atoms with van der Waals surface area (Å²) in [4.78, 5) is 4.20. The Bertz CT molecular complexity index is 661. The minimum Gasteiger partial charge on any atom is -0.485 e. The molecule has 2 heterocycles. The molecule has 2 N–H and O–H groups in total. The van der Waals surface area contributed by atoms with Crippen LogP contribution in [-0.4, -0.2) is 9.55 Å². The van der Waals surface area contributed by atoms with E-state index in [0.29, 0.717) is 11.4 Å². The number of ether oxygens (including phenoxy) is 1. The van der Waals surface area contributed by atoms with Gasteiger partial charge in [0.25, 0.3) is 0 Å². The number of hydrogen-bond acceptors (Lipinski definition) is 3. The largest absolute Gasteiger partial charge is 0.485 e. The number of benzene rings is 1. The highest BCUT2D eigenvalue weighted by molar-refractivity contribution is 5.52. The second kappa shape index (κ2) is 4.24. The number of fused-ring (bicyclic) bond motifs is 3. The summed E-state index contributed by atoms with van der Waals surface area (Å²) >= 11 is 0. The van der Waals surface area contributed by atoms with E-state index in [1.165, 1.54) is 6.07 Å². The van der Waals surface area contributed by atoms with Crippen molar-refractivity contribution in [3.8, 4) is 11.4 Å². The summed E-state index contributed by atoms with van der Waals surface area (Å²) in [6.07, 6.45) is -2.83. The molecule has 0 radical (unpaired) electrons. The minimum atomic E-state index is -4.38. The lowest BCUT2D eigenvalue weighted by Gasteiger charge is -2.22. The van der Waals surface area contributed by atoms with Gasteiger partial charge >= 0.3 is 6.18 Å². The van der Waals surface area contributed by atoms with Crippen LogP contribution in [-0.2, 0) is 12.8 Å². The van der Waals surface area contributed by atoms with Crippen molar-refractivity contribution < 1.29 is 17.9 Å². The maximum absolute atomic E-state index is 12.7. The van der Waals surface area contributed by atoms with Crippen LogP contribution in [0.5, 0.6) is 5.75 Å². The van der Waals surface area contributed by atoms with E-state index >= 15 is 0 Å². The summed E-state index contributed by atoms with van der Waals surface area (Å²) in [7, 11) is 0. The van der Waals surface area contributed by atoms with E-state index in [1.54, 1.807) is 17.8 Å². The van der Waals surface area contributed by atoms with Gasteiger partial charge in [0.15, 0.2) is 0 Å². The van der Waals surface area contributed by atoms with Crippen molar-refractivity contribution in [2.45, 2.75) is 25.7 Å². The smallest absolute Gasteiger partial charge is 0.416 e. The lowest BCUT2D eigenvalue weighted by molar-refractivity contribution is -0.137. The molecule has 1 unspecified atom stereocenters. The van der Waals surface area contributed by atoms with Gasteiger partial charge in [-0.05, 0) is 25.1 Å². The first-order valence-corrected chi connectivity index (χ1v) is 6.04. The molecule has 0 amide bonds. The zero-order chi connectivity index (χ0) is 14.5. The molecule has 1 aromatic carbocycles. The Morgan fingerprint density at radius 2 is 2.15 bits per heavy atom. The monoisotopic (exact) mass is 283 g/mol. The first kappa shape index (κ1) is 13.0. The molecule has 4 nitrogen and oxygen atoms in total. The van der Waals surface area contributed by atoms with Crippen molar-refractivity contribution in [3.63, 3.8) is 0 Å².